The largest absolute Gasteiger partial charge is 0.376 e. The third-order valence-corrected chi connectivity index (χ3v) is 4.78. The van der Waals surface area contributed by atoms with Gasteiger partial charge in [-0.15, -0.1) is 0 Å². The van der Waals surface area contributed by atoms with E-state index in [1.54, 1.807) is 0 Å². The number of ether oxygens (including phenoxy) is 1. The topological polar surface area (TPSA) is 34.2 Å². The van der Waals surface area contributed by atoms with Crippen LogP contribution in [0.25, 0.3) is 10.9 Å². The third kappa shape index (κ3) is 2.56. The van der Waals surface area contributed by atoms with E-state index in [0.29, 0.717) is 0 Å². The zero-order valence-electron chi connectivity index (χ0n) is 12.9. The minimum Gasteiger partial charge on any atom is -0.376 e. The number of fused-ring (bicyclic) bond motifs is 1. The zero-order chi connectivity index (χ0) is 14.7. The molecule has 0 bridgehead atoms. The van der Waals surface area contributed by atoms with Crippen molar-refractivity contribution in [3.63, 3.8) is 0 Å². The molecule has 21 heavy (non-hydrogen) atoms. The molecule has 0 aliphatic heterocycles. The van der Waals surface area contributed by atoms with Crippen molar-refractivity contribution in [2.75, 3.05) is 13.7 Å². The predicted molar refractivity (Wildman–Crippen MR) is 86.4 cm³/mol. The molecular weight excluding hydrogens is 260 g/mol. The first-order valence-electron chi connectivity index (χ1n) is 7.93. The van der Waals surface area contributed by atoms with E-state index < -0.39 is 0 Å². The first kappa shape index (κ1) is 14.5. The first-order chi connectivity index (χ1) is 10.3. The summed E-state index contributed by atoms with van der Waals surface area (Å²) in [6.07, 6.45) is 6.60. The monoisotopic (exact) mass is 284 g/mol. The molecule has 1 heterocycles. The van der Waals surface area contributed by atoms with Gasteiger partial charge in [-0.1, -0.05) is 38.0 Å². The fourth-order valence-corrected chi connectivity index (χ4v) is 3.75. The van der Waals surface area contributed by atoms with Crippen molar-refractivity contribution in [1.29, 1.82) is 0 Å². The van der Waals surface area contributed by atoms with Gasteiger partial charge in [0.25, 0.3) is 0 Å². The van der Waals surface area contributed by atoms with Crippen molar-refractivity contribution >= 4 is 10.9 Å². The molecule has 1 fully saturated rings. The number of likely N-dealkylation sites (N-methyl/N-ethyl adjacent to an activating group) is 1. The second-order valence-corrected chi connectivity index (χ2v) is 5.88. The quantitative estimate of drug-likeness (QED) is 0.905. The van der Waals surface area contributed by atoms with Crippen LogP contribution in [0.15, 0.2) is 36.5 Å². The minimum absolute atomic E-state index is 0.0832. The molecule has 1 atom stereocenters. The molecule has 1 aromatic heterocycles. The highest BCUT2D eigenvalue weighted by molar-refractivity contribution is 5.82. The van der Waals surface area contributed by atoms with Crippen LogP contribution in [0.2, 0.25) is 0 Å². The predicted octanol–water partition coefficient (Wildman–Crippen LogP) is 3.84. The summed E-state index contributed by atoms with van der Waals surface area (Å²) < 4.78 is 6.03. The van der Waals surface area contributed by atoms with Crippen LogP contribution in [-0.4, -0.2) is 24.2 Å². The molecule has 0 spiro atoms. The molecule has 1 saturated carbocycles. The molecule has 0 amide bonds. The van der Waals surface area contributed by atoms with Gasteiger partial charge in [-0.05, 0) is 37.1 Å². The summed E-state index contributed by atoms with van der Waals surface area (Å²) in [5.41, 5.74) is 2.29. The van der Waals surface area contributed by atoms with Crippen molar-refractivity contribution in [2.24, 2.45) is 0 Å². The van der Waals surface area contributed by atoms with Crippen molar-refractivity contribution in [2.45, 2.75) is 44.2 Å². The van der Waals surface area contributed by atoms with Crippen LogP contribution < -0.4 is 5.32 Å². The Kier molecular flexibility index (Phi) is 4.22. The van der Waals surface area contributed by atoms with Crippen molar-refractivity contribution < 1.29 is 4.74 Å². The Balaban J connectivity index is 2.11. The summed E-state index contributed by atoms with van der Waals surface area (Å²) in [5, 5.41) is 4.90. The molecule has 3 heteroatoms. The minimum atomic E-state index is -0.0832. The number of rotatable bonds is 5. The fraction of sp³-hybridized carbons (Fsp3) is 0.500. The summed E-state index contributed by atoms with van der Waals surface area (Å²) in [4.78, 5) is 4.49. The van der Waals surface area contributed by atoms with E-state index in [1.807, 2.05) is 19.4 Å². The Labute approximate surface area is 126 Å². The maximum atomic E-state index is 6.03. The van der Waals surface area contributed by atoms with E-state index in [4.69, 9.17) is 4.74 Å². The van der Waals surface area contributed by atoms with Gasteiger partial charge in [0.15, 0.2) is 0 Å². The van der Waals surface area contributed by atoms with E-state index in [9.17, 15) is 0 Å². The highest BCUT2D eigenvalue weighted by Crippen LogP contribution is 2.43. The number of nitrogens with one attached hydrogen (secondary N) is 1. The lowest BCUT2D eigenvalue weighted by Crippen LogP contribution is -2.43. The van der Waals surface area contributed by atoms with E-state index in [-0.39, 0.29) is 11.6 Å². The number of benzene rings is 1. The lowest BCUT2D eigenvalue weighted by molar-refractivity contribution is -0.0360. The molecule has 1 unspecified atom stereocenters. The Bertz CT molecular complexity index is 600. The van der Waals surface area contributed by atoms with Gasteiger partial charge in [0.05, 0.1) is 17.2 Å². The summed E-state index contributed by atoms with van der Waals surface area (Å²) >= 11 is 0. The van der Waals surface area contributed by atoms with Gasteiger partial charge < -0.3 is 10.1 Å². The number of pyridine rings is 1. The highest BCUT2D eigenvalue weighted by Gasteiger charge is 2.42. The Morgan fingerprint density at radius 2 is 2.05 bits per heavy atom. The summed E-state index contributed by atoms with van der Waals surface area (Å²) in [5.74, 6) is 0. The van der Waals surface area contributed by atoms with Gasteiger partial charge in [0.1, 0.15) is 0 Å². The lowest BCUT2D eigenvalue weighted by atomic mass is 9.85. The highest BCUT2D eigenvalue weighted by atomic mass is 16.5. The van der Waals surface area contributed by atoms with Crippen LogP contribution in [0.3, 0.4) is 0 Å². The second-order valence-electron chi connectivity index (χ2n) is 5.88. The van der Waals surface area contributed by atoms with Gasteiger partial charge in [-0.25, -0.2) is 0 Å². The van der Waals surface area contributed by atoms with E-state index >= 15 is 0 Å². The normalized spacial score (nSPS) is 19.0. The SMILES string of the molecule is CCNC(c1cccc2ncccc12)C1(OC)CCCC1. The van der Waals surface area contributed by atoms with Gasteiger partial charge in [0, 0.05) is 18.7 Å². The zero-order valence-corrected chi connectivity index (χ0v) is 12.9. The fourth-order valence-electron chi connectivity index (χ4n) is 3.75. The number of methoxy groups -OCH3 is 1. The van der Waals surface area contributed by atoms with E-state index in [0.717, 1.165) is 24.9 Å². The summed E-state index contributed by atoms with van der Waals surface area (Å²) in [6.45, 7) is 3.10. The van der Waals surface area contributed by atoms with Gasteiger partial charge in [0.2, 0.25) is 0 Å². The third-order valence-electron chi connectivity index (χ3n) is 4.78. The molecule has 3 nitrogen and oxygen atoms in total. The molecule has 2 aromatic rings. The molecule has 0 saturated heterocycles. The van der Waals surface area contributed by atoms with E-state index in [1.165, 1.54) is 23.8 Å². The van der Waals surface area contributed by atoms with Gasteiger partial charge >= 0.3 is 0 Å². The molecule has 1 aliphatic carbocycles. The van der Waals surface area contributed by atoms with Crippen LogP contribution in [-0.2, 0) is 4.74 Å². The second kappa shape index (κ2) is 6.12. The van der Waals surface area contributed by atoms with Crippen LogP contribution in [0.4, 0.5) is 0 Å². The molecule has 1 N–H and O–H groups in total. The molecule has 0 radical (unpaired) electrons. The number of hydrogen-bond donors (Lipinski definition) is 1. The summed E-state index contributed by atoms with van der Waals surface area (Å²) in [6, 6.07) is 10.8. The lowest BCUT2D eigenvalue weighted by Gasteiger charge is -2.37. The molecule has 1 aromatic carbocycles. The number of nitrogens with zero attached hydrogens (tertiary/aromatic N) is 1. The average Bonchev–Trinajstić information content (AvgIpc) is 3.02. The number of hydrogen-bond acceptors (Lipinski definition) is 3. The Hall–Kier alpha value is -1.45. The van der Waals surface area contributed by atoms with Crippen molar-refractivity contribution in [3.8, 4) is 0 Å². The molecule has 3 rings (SSSR count). The smallest absolute Gasteiger partial charge is 0.0872 e. The van der Waals surface area contributed by atoms with E-state index in [2.05, 4.69) is 41.5 Å². The summed E-state index contributed by atoms with van der Waals surface area (Å²) in [7, 11) is 1.86. The first-order valence-corrected chi connectivity index (χ1v) is 7.93. The van der Waals surface area contributed by atoms with Gasteiger partial charge in [-0.3, -0.25) is 4.98 Å². The molecule has 1 aliphatic rings. The maximum Gasteiger partial charge on any atom is 0.0872 e. The van der Waals surface area contributed by atoms with Crippen LogP contribution >= 0.6 is 0 Å². The standard InChI is InChI=1S/C18H24N2O/c1-3-19-17(18(21-2)11-4-5-12-18)15-8-6-10-16-14(15)9-7-13-20-16/h6-10,13,17,19H,3-5,11-12H2,1-2H3. The number of aromatic nitrogens is 1. The Morgan fingerprint density at radius 1 is 1.24 bits per heavy atom. The maximum absolute atomic E-state index is 6.03. The molecule has 112 valence electrons. The van der Waals surface area contributed by atoms with Crippen LogP contribution in [0, 0.1) is 0 Å². The molecular formula is C18H24N2O. The average molecular weight is 284 g/mol. The van der Waals surface area contributed by atoms with Crippen molar-refractivity contribution in [1.82, 2.24) is 10.3 Å². The Morgan fingerprint density at radius 3 is 2.76 bits per heavy atom. The van der Waals surface area contributed by atoms with Crippen LogP contribution in [0.1, 0.15) is 44.2 Å². The van der Waals surface area contributed by atoms with Gasteiger partial charge in [-0.2, -0.15) is 0 Å². The van der Waals surface area contributed by atoms with Crippen molar-refractivity contribution in [3.05, 3.63) is 42.1 Å². The van der Waals surface area contributed by atoms with Crippen LogP contribution in [0.5, 0.6) is 0 Å².